The lowest BCUT2D eigenvalue weighted by molar-refractivity contribution is -0.384. The molecule has 0 heterocycles. The molecule has 1 aliphatic carbocycles. The number of nitrogen functional groups attached to an aromatic ring is 1. The zero-order chi connectivity index (χ0) is 12.4. The van der Waals surface area contributed by atoms with Gasteiger partial charge in [-0.1, -0.05) is 0 Å². The van der Waals surface area contributed by atoms with Crippen LogP contribution in [0.2, 0.25) is 0 Å². The minimum Gasteiger partial charge on any atom is -0.398 e. The molecule has 17 heavy (non-hydrogen) atoms. The summed E-state index contributed by atoms with van der Waals surface area (Å²) in [5.74, 6) is 0.436. The molecule has 0 amide bonds. The number of anilines is 2. The molecule has 1 aromatic carbocycles. The number of nitrogens with one attached hydrogen (secondary N) is 1. The number of aliphatic hydroxyl groups is 1. The Bertz CT molecular complexity index is 430. The van der Waals surface area contributed by atoms with E-state index in [1.807, 2.05) is 0 Å². The maximum Gasteiger partial charge on any atom is 0.273 e. The van der Waals surface area contributed by atoms with E-state index in [9.17, 15) is 10.1 Å². The number of non-ortho nitro benzene ring substituents is 1. The summed E-state index contributed by atoms with van der Waals surface area (Å²) in [5, 5.41) is 22.9. The Balaban J connectivity index is 1.98. The van der Waals surface area contributed by atoms with Crippen LogP contribution in [-0.4, -0.2) is 22.7 Å². The van der Waals surface area contributed by atoms with Crippen LogP contribution in [0, 0.1) is 16.0 Å². The van der Waals surface area contributed by atoms with E-state index in [2.05, 4.69) is 5.32 Å². The second-order valence-corrected chi connectivity index (χ2v) is 4.44. The SMILES string of the molecule is Nc1cc(NCC2CC(O)C2)cc([N+](=O)[O-])c1. The van der Waals surface area contributed by atoms with E-state index in [4.69, 9.17) is 10.8 Å². The summed E-state index contributed by atoms with van der Waals surface area (Å²) >= 11 is 0. The fourth-order valence-corrected chi connectivity index (χ4v) is 1.97. The fourth-order valence-electron chi connectivity index (χ4n) is 1.97. The molecule has 1 saturated carbocycles. The predicted molar refractivity (Wildman–Crippen MR) is 64.7 cm³/mol. The van der Waals surface area contributed by atoms with E-state index in [0.717, 1.165) is 12.8 Å². The van der Waals surface area contributed by atoms with Gasteiger partial charge in [0, 0.05) is 30.1 Å². The van der Waals surface area contributed by atoms with Crippen molar-refractivity contribution in [1.82, 2.24) is 0 Å². The molecule has 1 aliphatic rings. The molecule has 0 aromatic heterocycles. The Morgan fingerprint density at radius 2 is 2.18 bits per heavy atom. The number of benzene rings is 1. The highest BCUT2D eigenvalue weighted by Crippen LogP contribution is 2.28. The first-order valence-electron chi connectivity index (χ1n) is 5.51. The van der Waals surface area contributed by atoms with Gasteiger partial charge in [-0.25, -0.2) is 0 Å². The highest BCUT2D eigenvalue weighted by molar-refractivity contribution is 5.61. The van der Waals surface area contributed by atoms with Gasteiger partial charge in [-0.3, -0.25) is 10.1 Å². The average Bonchev–Trinajstić information content (AvgIpc) is 2.22. The van der Waals surface area contributed by atoms with E-state index in [1.165, 1.54) is 12.1 Å². The third kappa shape index (κ3) is 2.85. The second kappa shape index (κ2) is 4.58. The van der Waals surface area contributed by atoms with E-state index in [-0.39, 0.29) is 11.8 Å². The van der Waals surface area contributed by atoms with Crippen LogP contribution in [0.1, 0.15) is 12.8 Å². The van der Waals surface area contributed by atoms with E-state index in [1.54, 1.807) is 6.07 Å². The minimum atomic E-state index is -0.464. The highest BCUT2D eigenvalue weighted by Gasteiger charge is 2.26. The molecule has 92 valence electrons. The van der Waals surface area contributed by atoms with Crippen LogP contribution >= 0.6 is 0 Å². The van der Waals surface area contributed by atoms with Crippen LogP contribution in [0.5, 0.6) is 0 Å². The highest BCUT2D eigenvalue weighted by atomic mass is 16.6. The van der Waals surface area contributed by atoms with Gasteiger partial charge in [0.2, 0.25) is 0 Å². The normalized spacial score (nSPS) is 22.9. The minimum absolute atomic E-state index is 0.0128. The monoisotopic (exact) mass is 237 g/mol. The Labute approximate surface area is 98.6 Å². The molecule has 0 saturated heterocycles. The number of nitrogens with two attached hydrogens (primary N) is 1. The van der Waals surface area contributed by atoms with Crippen LogP contribution < -0.4 is 11.1 Å². The van der Waals surface area contributed by atoms with Crippen LogP contribution in [0.15, 0.2) is 18.2 Å². The number of nitro benzene ring substituents is 1. The van der Waals surface area contributed by atoms with Crippen LogP contribution in [-0.2, 0) is 0 Å². The molecule has 0 unspecified atom stereocenters. The number of nitro groups is 1. The van der Waals surface area contributed by atoms with Crippen LogP contribution in [0.4, 0.5) is 17.1 Å². The van der Waals surface area contributed by atoms with Crippen molar-refractivity contribution in [3.8, 4) is 0 Å². The van der Waals surface area contributed by atoms with Gasteiger partial charge in [0.1, 0.15) is 0 Å². The zero-order valence-corrected chi connectivity index (χ0v) is 9.30. The number of rotatable bonds is 4. The first kappa shape index (κ1) is 11.7. The molecule has 0 atom stereocenters. The molecule has 0 aliphatic heterocycles. The molecule has 1 aromatic rings. The van der Waals surface area contributed by atoms with Crippen LogP contribution in [0.3, 0.4) is 0 Å². The van der Waals surface area contributed by atoms with E-state index in [0.29, 0.717) is 23.8 Å². The lowest BCUT2D eigenvalue weighted by Crippen LogP contribution is -2.33. The summed E-state index contributed by atoms with van der Waals surface area (Å²) in [4.78, 5) is 10.2. The second-order valence-electron chi connectivity index (χ2n) is 4.44. The van der Waals surface area contributed by atoms with Gasteiger partial charge in [0.25, 0.3) is 5.69 Å². The van der Waals surface area contributed by atoms with Crippen molar-refractivity contribution in [2.24, 2.45) is 5.92 Å². The molecular formula is C11H15N3O3. The molecule has 0 radical (unpaired) electrons. The lowest BCUT2D eigenvalue weighted by Gasteiger charge is -2.31. The summed E-state index contributed by atoms with van der Waals surface area (Å²) in [7, 11) is 0. The summed E-state index contributed by atoms with van der Waals surface area (Å²) in [5.41, 5.74) is 6.60. The predicted octanol–water partition coefficient (Wildman–Crippen LogP) is 1.36. The molecule has 6 nitrogen and oxygen atoms in total. The van der Waals surface area contributed by atoms with Gasteiger partial charge in [-0.2, -0.15) is 0 Å². The largest absolute Gasteiger partial charge is 0.398 e. The molecule has 6 heteroatoms. The Kier molecular flexibility index (Phi) is 3.14. The Morgan fingerprint density at radius 1 is 1.47 bits per heavy atom. The zero-order valence-electron chi connectivity index (χ0n) is 9.30. The van der Waals surface area contributed by atoms with Gasteiger partial charge < -0.3 is 16.2 Å². The van der Waals surface area contributed by atoms with E-state index >= 15 is 0 Å². The Morgan fingerprint density at radius 3 is 2.76 bits per heavy atom. The van der Waals surface area contributed by atoms with Crippen molar-refractivity contribution < 1.29 is 10.0 Å². The third-order valence-electron chi connectivity index (χ3n) is 2.96. The number of nitrogens with zero attached hydrogens (tertiary/aromatic N) is 1. The molecular weight excluding hydrogens is 222 g/mol. The van der Waals surface area contributed by atoms with Gasteiger partial charge >= 0.3 is 0 Å². The summed E-state index contributed by atoms with van der Waals surface area (Å²) in [6, 6.07) is 4.46. The molecule has 2 rings (SSSR count). The summed E-state index contributed by atoms with van der Waals surface area (Å²) < 4.78 is 0. The number of aliphatic hydroxyl groups excluding tert-OH is 1. The van der Waals surface area contributed by atoms with Gasteiger partial charge in [0.05, 0.1) is 11.0 Å². The van der Waals surface area contributed by atoms with E-state index < -0.39 is 4.92 Å². The number of hydrogen-bond donors (Lipinski definition) is 3. The van der Waals surface area contributed by atoms with Gasteiger partial charge in [-0.15, -0.1) is 0 Å². The van der Waals surface area contributed by atoms with Crippen molar-refractivity contribution >= 4 is 17.1 Å². The smallest absolute Gasteiger partial charge is 0.273 e. The van der Waals surface area contributed by atoms with Crippen molar-refractivity contribution in [3.05, 3.63) is 28.3 Å². The topological polar surface area (TPSA) is 101 Å². The van der Waals surface area contributed by atoms with Crippen molar-refractivity contribution in [3.63, 3.8) is 0 Å². The molecule has 4 N–H and O–H groups in total. The molecule has 0 bridgehead atoms. The lowest BCUT2D eigenvalue weighted by atomic mass is 9.82. The molecule has 1 fully saturated rings. The first-order valence-corrected chi connectivity index (χ1v) is 5.51. The molecule has 0 spiro atoms. The average molecular weight is 237 g/mol. The van der Waals surface area contributed by atoms with Crippen molar-refractivity contribution in [2.75, 3.05) is 17.6 Å². The Hall–Kier alpha value is -1.82. The third-order valence-corrected chi connectivity index (χ3v) is 2.96. The van der Waals surface area contributed by atoms with Crippen molar-refractivity contribution in [2.45, 2.75) is 18.9 Å². The van der Waals surface area contributed by atoms with Crippen LogP contribution in [0.25, 0.3) is 0 Å². The maximum atomic E-state index is 10.6. The maximum absolute atomic E-state index is 10.6. The van der Waals surface area contributed by atoms with Gasteiger partial charge in [-0.05, 0) is 24.8 Å². The fraction of sp³-hybridized carbons (Fsp3) is 0.455. The van der Waals surface area contributed by atoms with Crippen molar-refractivity contribution in [1.29, 1.82) is 0 Å². The summed E-state index contributed by atoms with van der Waals surface area (Å²) in [6.45, 7) is 0.706. The van der Waals surface area contributed by atoms with Gasteiger partial charge in [0.15, 0.2) is 0 Å². The quantitative estimate of drug-likeness (QED) is 0.417. The first-order chi connectivity index (χ1) is 8.04. The summed E-state index contributed by atoms with van der Waals surface area (Å²) in [6.07, 6.45) is 1.39. The number of hydrogen-bond acceptors (Lipinski definition) is 5. The standard InChI is InChI=1S/C11H15N3O3/c12-8-3-9(5-10(4-8)14(16)17)13-6-7-1-11(15)2-7/h3-5,7,11,13,15H,1-2,6,12H2.